The first-order valence-corrected chi connectivity index (χ1v) is 10.4. The first-order chi connectivity index (χ1) is 12.8. The van der Waals surface area contributed by atoms with Crippen molar-refractivity contribution in [2.24, 2.45) is 14.1 Å². The van der Waals surface area contributed by atoms with Gasteiger partial charge in [-0.25, -0.2) is 14.4 Å². The van der Waals surface area contributed by atoms with E-state index < -0.39 is 19.0 Å². The van der Waals surface area contributed by atoms with Crippen molar-refractivity contribution in [3.8, 4) is 0 Å². The second kappa shape index (κ2) is 8.30. The number of aryl methyl sites for hydroxylation is 1. The maximum absolute atomic E-state index is 12.4. The quantitative estimate of drug-likeness (QED) is 0.291. The number of likely N-dealkylation sites (N-methyl/N-ethyl adjacent to an activating group) is 1. The molecule has 2 aromatic heterocycles. The summed E-state index contributed by atoms with van der Waals surface area (Å²) in [6.07, 6.45) is 2.05. The minimum atomic E-state index is -4.18. The predicted octanol–water partition coefficient (Wildman–Crippen LogP) is -1.05. The number of imidazole rings is 1. The van der Waals surface area contributed by atoms with Gasteiger partial charge in [-0.15, -0.1) is 0 Å². The number of hydrogen-bond acceptors (Lipinski definition) is 6. The molecule has 1 atom stereocenters. The summed E-state index contributed by atoms with van der Waals surface area (Å²) in [7, 11) is 6.25. The Morgan fingerprint density at radius 1 is 1.25 bits per heavy atom. The number of quaternary nitrogens is 1. The summed E-state index contributed by atoms with van der Waals surface area (Å²) in [5.41, 5.74) is -0.425. The minimum absolute atomic E-state index is 0.105. The van der Waals surface area contributed by atoms with E-state index in [4.69, 9.17) is 4.52 Å². The minimum Gasteiger partial charge on any atom is -0.766 e. The van der Waals surface area contributed by atoms with Crippen LogP contribution < -0.4 is 16.1 Å². The number of fused-ring (bicyclic) bond motifs is 1. The summed E-state index contributed by atoms with van der Waals surface area (Å²) in [4.78, 5) is 40.8. The highest BCUT2D eigenvalue weighted by Crippen LogP contribution is 2.40. The van der Waals surface area contributed by atoms with Gasteiger partial charge in [-0.3, -0.25) is 18.5 Å². The molecule has 0 bridgehead atoms. The maximum Gasteiger partial charge on any atom is 0.332 e. The molecule has 0 saturated heterocycles. The van der Waals surface area contributed by atoms with Crippen molar-refractivity contribution in [2.45, 2.75) is 13.0 Å². The van der Waals surface area contributed by atoms with E-state index in [0.29, 0.717) is 6.42 Å². The van der Waals surface area contributed by atoms with Crippen LogP contribution in [0.4, 0.5) is 0 Å². The van der Waals surface area contributed by atoms with Crippen LogP contribution in [-0.2, 0) is 29.7 Å². The Hall–Kier alpha value is -1.78. The fourth-order valence-corrected chi connectivity index (χ4v) is 3.65. The van der Waals surface area contributed by atoms with Gasteiger partial charge in [-0.05, 0) is 7.05 Å². The Kier molecular flexibility index (Phi) is 6.67. The van der Waals surface area contributed by atoms with Crippen molar-refractivity contribution >= 4 is 18.9 Å². The third kappa shape index (κ3) is 4.98. The van der Waals surface area contributed by atoms with E-state index in [1.165, 1.54) is 32.0 Å². The van der Waals surface area contributed by atoms with Crippen LogP contribution in [0.15, 0.2) is 15.9 Å². The van der Waals surface area contributed by atoms with Gasteiger partial charge in [0.1, 0.15) is 0 Å². The van der Waals surface area contributed by atoms with Gasteiger partial charge in [0.25, 0.3) is 5.56 Å². The molecule has 0 aliphatic rings. The van der Waals surface area contributed by atoms with Crippen molar-refractivity contribution in [3.05, 3.63) is 27.2 Å². The Balaban J connectivity index is 2.06. The van der Waals surface area contributed by atoms with Gasteiger partial charge in [0, 0.05) is 33.6 Å². The molecular formula is C16H29N6O5P. The molecule has 2 rings (SSSR count). The molecular weight excluding hydrogens is 387 g/mol. The van der Waals surface area contributed by atoms with Crippen LogP contribution in [0.3, 0.4) is 0 Å². The predicted molar refractivity (Wildman–Crippen MR) is 104 cm³/mol. The molecule has 11 nitrogen and oxygen atoms in total. The molecule has 0 aliphatic carbocycles. The van der Waals surface area contributed by atoms with E-state index >= 15 is 0 Å². The van der Waals surface area contributed by atoms with Crippen LogP contribution in [0.1, 0.15) is 6.42 Å². The number of rotatable bonds is 9. The summed E-state index contributed by atoms with van der Waals surface area (Å²) in [5.74, 6) is 0. The van der Waals surface area contributed by atoms with Crippen LogP contribution in [0.25, 0.3) is 11.2 Å². The summed E-state index contributed by atoms with van der Waals surface area (Å²) in [6, 6.07) is 0. The maximum atomic E-state index is 12.4. The van der Waals surface area contributed by atoms with E-state index in [9.17, 15) is 19.0 Å². The third-order valence-corrected chi connectivity index (χ3v) is 6.07. The summed E-state index contributed by atoms with van der Waals surface area (Å²) < 4.78 is 23.1. The molecule has 0 saturated carbocycles. The Bertz CT molecular complexity index is 1000. The molecule has 158 valence electrons. The lowest BCUT2D eigenvalue weighted by Gasteiger charge is -2.32. The summed E-state index contributed by atoms with van der Waals surface area (Å²) in [5, 5.41) is 0. The lowest BCUT2D eigenvalue weighted by atomic mass is 10.4. The normalized spacial score (nSPS) is 14.7. The molecule has 12 heteroatoms. The molecule has 0 amide bonds. The lowest BCUT2D eigenvalue weighted by Crippen LogP contribution is -2.38. The number of nitrogens with zero attached hydrogens (tertiary/aromatic N) is 6. The van der Waals surface area contributed by atoms with Crippen LogP contribution in [0, 0.1) is 0 Å². The first kappa shape index (κ1) is 22.5. The van der Waals surface area contributed by atoms with Gasteiger partial charge < -0.3 is 18.5 Å². The molecule has 1 unspecified atom stereocenters. The third-order valence-electron chi connectivity index (χ3n) is 4.53. The van der Waals surface area contributed by atoms with Gasteiger partial charge in [-0.2, -0.15) is 0 Å². The van der Waals surface area contributed by atoms with Crippen molar-refractivity contribution in [1.82, 2.24) is 23.4 Å². The summed E-state index contributed by atoms with van der Waals surface area (Å²) >= 11 is 0. The second-order valence-corrected chi connectivity index (χ2v) is 9.74. The molecule has 2 aromatic rings. The van der Waals surface area contributed by atoms with Gasteiger partial charge >= 0.3 is 5.69 Å². The van der Waals surface area contributed by atoms with Crippen LogP contribution in [-0.4, -0.2) is 75.7 Å². The fraction of sp³-hybridized carbons (Fsp3) is 0.688. The van der Waals surface area contributed by atoms with E-state index in [1.54, 1.807) is 4.57 Å². The highest BCUT2D eigenvalue weighted by molar-refractivity contribution is 7.48. The zero-order valence-corrected chi connectivity index (χ0v) is 18.2. The molecule has 0 radical (unpaired) electrons. The standard InChI is InChI=1S/C16H29N6O5P/c1-18(28(25,26)27-11-7-10-22(4,5)6)8-9-21-12-17-14-13(21)15(23)20(3)16(24)19(14)2/h12H,7-11H2,1-6H3. The molecule has 2 heterocycles. The van der Waals surface area contributed by atoms with E-state index in [0.717, 1.165) is 20.3 Å². The van der Waals surface area contributed by atoms with E-state index in [-0.39, 0.29) is 30.9 Å². The average molecular weight is 416 g/mol. The second-order valence-electron chi connectivity index (χ2n) is 7.87. The monoisotopic (exact) mass is 416 g/mol. The van der Waals surface area contributed by atoms with Gasteiger partial charge in [0.15, 0.2) is 11.2 Å². The average Bonchev–Trinajstić information content (AvgIpc) is 3.03. The fourth-order valence-electron chi connectivity index (χ4n) is 2.76. The van der Waals surface area contributed by atoms with Gasteiger partial charge in [0.2, 0.25) is 7.75 Å². The first-order valence-electron chi connectivity index (χ1n) is 8.93. The molecule has 0 fully saturated rings. The Morgan fingerprint density at radius 2 is 1.89 bits per heavy atom. The highest BCUT2D eigenvalue weighted by atomic mass is 31.2. The topological polar surface area (TPSA) is 114 Å². The molecule has 0 spiro atoms. The van der Waals surface area contributed by atoms with Gasteiger partial charge in [-0.1, -0.05) is 0 Å². The van der Waals surface area contributed by atoms with E-state index in [2.05, 4.69) is 4.98 Å². The number of aromatic nitrogens is 4. The van der Waals surface area contributed by atoms with Crippen molar-refractivity contribution in [1.29, 1.82) is 0 Å². The zero-order chi connectivity index (χ0) is 21.3. The highest BCUT2D eigenvalue weighted by Gasteiger charge is 2.19. The largest absolute Gasteiger partial charge is 0.766 e. The van der Waals surface area contributed by atoms with E-state index in [1.807, 2.05) is 21.1 Å². The zero-order valence-electron chi connectivity index (χ0n) is 17.3. The number of hydrogen-bond donors (Lipinski definition) is 0. The smallest absolute Gasteiger partial charge is 0.332 e. The lowest BCUT2D eigenvalue weighted by molar-refractivity contribution is -0.870. The Morgan fingerprint density at radius 3 is 2.50 bits per heavy atom. The van der Waals surface area contributed by atoms with Gasteiger partial charge in [0.05, 0.1) is 40.6 Å². The molecule has 0 N–H and O–H groups in total. The summed E-state index contributed by atoms with van der Waals surface area (Å²) in [6.45, 7) is 1.23. The van der Waals surface area contributed by atoms with Crippen LogP contribution in [0.2, 0.25) is 0 Å². The van der Waals surface area contributed by atoms with Crippen molar-refractivity contribution < 1.29 is 18.5 Å². The SMILES string of the molecule is CN(CCn1cnc2c1c(=O)n(C)c(=O)n2C)P(=O)([O-])OCCC[N+](C)(C)C. The molecule has 0 aliphatic heterocycles. The van der Waals surface area contributed by atoms with Crippen molar-refractivity contribution in [3.63, 3.8) is 0 Å². The molecule has 0 aromatic carbocycles. The Labute approximate surface area is 163 Å². The van der Waals surface area contributed by atoms with Crippen molar-refractivity contribution in [2.75, 3.05) is 47.9 Å². The van der Waals surface area contributed by atoms with Crippen LogP contribution >= 0.6 is 7.75 Å². The van der Waals surface area contributed by atoms with Crippen LogP contribution in [0.5, 0.6) is 0 Å². The molecule has 28 heavy (non-hydrogen) atoms.